The van der Waals surface area contributed by atoms with Crippen molar-refractivity contribution in [2.45, 2.75) is 57.9 Å². The number of nitrogens with one attached hydrogen (secondary N) is 1. The number of hydrogen-bond donors (Lipinski definition) is 1. The van der Waals surface area contributed by atoms with E-state index in [9.17, 15) is 14.5 Å². The van der Waals surface area contributed by atoms with Crippen molar-refractivity contribution in [2.24, 2.45) is 4.58 Å². The largest absolute Gasteiger partial charge is 0.458 e. The van der Waals surface area contributed by atoms with Crippen LogP contribution in [0.1, 0.15) is 41.5 Å². The topological polar surface area (TPSA) is 84.8 Å². The molecule has 1 N–H and O–H groups in total. The van der Waals surface area contributed by atoms with Gasteiger partial charge in [0.25, 0.3) is 0 Å². The number of rotatable bonds is 5. The number of ether oxygens (including phenoxy) is 1. The second-order valence-electron chi connectivity index (χ2n) is 5.44. The van der Waals surface area contributed by atoms with Gasteiger partial charge in [-0.2, -0.15) is 0 Å². The number of carbonyl (C=O) groups is 2. The van der Waals surface area contributed by atoms with Crippen molar-refractivity contribution in [2.75, 3.05) is 0 Å². The average Bonchev–Trinajstić information content (AvgIpc) is 2.10. The molecule has 0 fully saturated rings. The molecule has 0 rings (SSSR count). The first-order chi connectivity index (χ1) is 7.99. The SMILES string of the molecule is CC(=O)N[C@H](C(=O)OC(C)(C)C)C(C)(C)SN=O. The molecule has 0 aromatic rings. The van der Waals surface area contributed by atoms with Crippen LogP contribution in [0.5, 0.6) is 0 Å². The lowest BCUT2D eigenvalue weighted by Crippen LogP contribution is -2.53. The zero-order valence-electron chi connectivity index (χ0n) is 11.6. The van der Waals surface area contributed by atoms with Crippen molar-refractivity contribution in [3.8, 4) is 0 Å². The van der Waals surface area contributed by atoms with E-state index < -0.39 is 22.4 Å². The molecule has 1 atom stereocenters. The summed E-state index contributed by atoms with van der Waals surface area (Å²) in [6.07, 6.45) is 0. The minimum absolute atomic E-state index is 0.370. The quantitative estimate of drug-likeness (QED) is 0.472. The summed E-state index contributed by atoms with van der Waals surface area (Å²) in [7, 11) is 0. The number of esters is 1. The Morgan fingerprint density at radius 3 is 2.06 bits per heavy atom. The Morgan fingerprint density at radius 1 is 1.22 bits per heavy atom. The Balaban J connectivity index is 5.04. The van der Waals surface area contributed by atoms with Crippen LogP contribution in [-0.2, 0) is 14.3 Å². The third-order valence-electron chi connectivity index (χ3n) is 1.96. The van der Waals surface area contributed by atoms with E-state index >= 15 is 0 Å². The van der Waals surface area contributed by atoms with E-state index in [2.05, 4.69) is 9.90 Å². The van der Waals surface area contributed by atoms with Crippen molar-refractivity contribution < 1.29 is 14.3 Å². The molecule has 0 aliphatic heterocycles. The summed E-state index contributed by atoms with van der Waals surface area (Å²) in [4.78, 5) is 33.5. The molecule has 6 nitrogen and oxygen atoms in total. The van der Waals surface area contributed by atoms with Crippen molar-refractivity contribution in [3.63, 3.8) is 0 Å². The monoisotopic (exact) mass is 276 g/mol. The number of hydrogen-bond acceptors (Lipinski definition) is 6. The van der Waals surface area contributed by atoms with Crippen LogP contribution in [-0.4, -0.2) is 28.3 Å². The number of carbonyl (C=O) groups excluding carboxylic acids is 2. The maximum atomic E-state index is 12.0. The molecule has 1 amide bonds. The third kappa shape index (κ3) is 6.00. The van der Waals surface area contributed by atoms with Gasteiger partial charge in [-0.15, -0.1) is 4.91 Å². The molecule has 104 valence electrons. The molecule has 0 heterocycles. The number of nitrogens with zero attached hydrogens (tertiary/aromatic N) is 1. The predicted octanol–water partition coefficient (Wildman–Crippen LogP) is 2.03. The van der Waals surface area contributed by atoms with Gasteiger partial charge in [0, 0.05) is 23.5 Å². The molecule has 0 bridgehead atoms. The Kier molecular flexibility index (Phi) is 5.79. The highest BCUT2D eigenvalue weighted by Crippen LogP contribution is 2.30. The first kappa shape index (κ1) is 16.9. The van der Waals surface area contributed by atoms with Crippen LogP contribution < -0.4 is 5.32 Å². The van der Waals surface area contributed by atoms with E-state index in [1.807, 2.05) is 0 Å². The van der Waals surface area contributed by atoms with E-state index in [4.69, 9.17) is 4.74 Å². The Hall–Kier alpha value is -1.11. The summed E-state index contributed by atoms with van der Waals surface area (Å²) in [6, 6.07) is -0.933. The summed E-state index contributed by atoms with van der Waals surface area (Å²) in [6.45, 7) is 9.77. The van der Waals surface area contributed by atoms with E-state index in [-0.39, 0.29) is 5.91 Å². The lowest BCUT2D eigenvalue weighted by Gasteiger charge is -2.32. The highest BCUT2D eigenvalue weighted by Gasteiger charge is 2.40. The Morgan fingerprint density at radius 2 is 1.72 bits per heavy atom. The van der Waals surface area contributed by atoms with Crippen molar-refractivity contribution in [1.29, 1.82) is 0 Å². The van der Waals surface area contributed by atoms with Gasteiger partial charge in [0.2, 0.25) is 5.91 Å². The van der Waals surface area contributed by atoms with Gasteiger partial charge in [0.05, 0.1) is 4.75 Å². The van der Waals surface area contributed by atoms with Gasteiger partial charge in [-0.05, 0) is 34.6 Å². The second-order valence-corrected chi connectivity index (χ2v) is 6.82. The second kappa shape index (κ2) is 6.17. The fraction of sp³-hybridized carbons (Fsp3) is 0.818. The molecule has 0 aliphatic rings. The molecule has 0 spiro atoms. The molecule has 18 heavy (non-hydrogen) atoms. The lowest BCUT2D eigenvalue weighted by molar-refractivity contribution is -0.159. The minimum Gasteiger partial charge on any atom is -0.458 e. The molecular weight excluding hydrogens is 256 g/mol. The van der Waals surface area contributed by atoms with E-state index in [0.29, 0.717) is 11.9 Å². The summed E-state index contributed by atoms with van der Waals surface area (Å²) in [5.74, 6) is -0.954. The van der Waals surface area contributed by atoms with Gasteiger partial charge >= 0.3 is 5.97 Å². The molecule has 0 saturated heterocycles. The smallest absolute Gasteiger partial charge is 0.330 e. The summed E-state index contributed by atoms with van der Waals surface area (Å²) in [5.41, 5.74) is -0.664. The Labute approximate surface area is 111 Å². The van der Waals surface area contributed by atoms with Crippen molar-refractivity contribution in [3.05, 3.63) is 4.91 Å². The van der Waals surface area contributed by atoms with Crippen LogP contribution in [0.25, 0.3) is 0 Å². The molecule has 0 aromatic carbocycles. The highest BCUT2D eigenvalue weighted by atomic mass is 32.2. The third-order valence-corrected chi connectivity index (χ3v) is 2.74. The predicted molar refractivity (Wildman–Crippen MR) is 70.9 cm³/mol. The maximum Gasteiger partial charge on any atom is 0.330 e. The van der Waals surface area contributed by atoms with Gasteiger partial charge in [0.15, 0.2) is 0 Å². The van der Waals surface area contributed by atoms with Crippen molar-refractivity contribution >= 4 is 23.8 Å². The van der Waals surface area contributed by atoms with E-state index in [0.717, 1.165) is 0 Å². The molecule has 0 aromatic heterocycles. The first-order valence-electron chi connectivity index (χ1n) is 5.50. The van der Waals surface area contributed by atoms with Crippen molar-refractivity contribution in [1.82, 2.24) is 5.32 Å². The average molecular weight is 276 g/mol. The molecule has 0 unspecified atom stereocenters. The van der Waals surface area contributed by atoms with Gasteiger partial charge < -0.3 is 10.1 Å². The van der Waals surface area contributed by atoms with Crippen LogP contribution in [0.4, 0.5) is 0 Å². The summed E-state index contributed by atoms with van der Waals surface area (Å²) >= 11 is 0.692. The zero-order chi connectivity index (χ0) is 14.6. The van der Waals surface area contributed by atoms with Crippen LogP contribution in [0.2, 0.25) is 0 Å². The summed E-state index contributed by atoms with van der Waals surface area (Å²) < 4.78 is 7.07. The molecule has 0 saturated carbocycles. The van der Waals surface area contributed by atoms with Gasteiger partial charge in [-0.25, -0.2) is 4.79 Å². The zero-order valence-corrected chi connectivity index (χ0v) is 12.4. The Bertz CT molecular complexity index is 336. The van der Waals surface area contributed by atoms with Gasteiger partial charge in [-0.1, -0.05) is 0 Å². The number of nitroso groups, excluding NO2 is 1. The summed E-state index contributed by atoms with van der Waals surface area (Å²) in [5, 5.41) is 2.49. The normalized spacial score (nSPS) is 13.7. The lowest BCUT2D eigenvalue weighted by atomic mass is 10.0. The van der Waals surface area contributed by atoms with Crippen LogP contribution >= 0.6 is 11.9 Å². The molecule has 0 radical (unpaired) electrons. The van der Waals surface area contributed by atoms with Crippen LogP contribution in [0, 0.1) is 4.91 Å². The molecular formula is C11H20N2O4S. The first-order valence-corrected chi connectivity index (χ1v) is 6.28. The fourth-order valence-corrected chi connectivity index (χ4v) is 1.68. The van der Waals surface area contributed by atoms with Gasteiger partial charge in [-0.3, -0.25) is 4.79 Å². The van der Waals surface area contributed by atoms with E-state index in [1.165, 1.54) is 6.92 Å². The van der Waals surface area contributed by atoms with Gasteiger partial charge in [0.1, 0.15) is 11.6 Å². The van der Waals surface area contributed by atoms with Crippen LogP contribution in [0.15, 0.2) is 4.58 Å². The number of amides is 1. The minimum atomic E-state index is -0.933. The standard InChI is InChI=1S/C11H20N2O4S/c1-7(14)12-8(11(5,6)18-13-16)9(15)17-10(2,3)4/h8H,1-6H3,(H,12,14)/t8-/m1/s1. The van der Waals surface area contributed by atoms with Crippen LogP contribution in [0.3, 0.4) is 0 Å². The molecule has 0 aliphatic carbocycles. The maximum absolute atomic E-state index is 12.0. The fourth-order valence-electron chi connectivity index (χ4n) is 1.23. The van der Waals surface area contributed by atoms with E-state index in [1.54, 1.807) is 34.6 Å². The molecule has 7 heteroatoms. The highest BCUT2D eigenvalue weighted by molar-refractivity contribution is 7.99.